The van der Waals surface area contributed by atoms with Gasteiger partial charge in [0.2, 0.25) is 0 Å². The summed E-state index contributed by atoms with van der Waals surface area (Å²) in [5.74, 6) is 0.650. The lowest BCUT2D eigenvalue weighted by Gasteiger charge is -2.03. The molecule has 0 aliphatic rings. The lowest BCUT2D eigenvalue weighted by atomic mass is 10.1. The van der Waals surface area contributed by atoms with Crippen LogP contribution in [0.15, 0.2) is 30.2 Å². The molecule has 54 valence electrons. The molecule has 0 N–H and O–H groups in total. The van der Waals surface area contributed by atoms with Crippen LogP contribution in [0.4, 0.5) is 0 Å². The summed E-state index contributed by atoms with van der Waals surface area (Å²) >= 11 is 1.82. The number of hydrogen-bond donors (Lipinski definition) is 0. The van der Waals surface area contributed by atoms with Crippen LogP contribution in [0, 0.1) is 0 Å². The lowest BCUT2D eigenvalue weighted by molar-refractivity contribution is 0.799. The maximum atomic E-state index is 3.72. The molecule has 0 amide bonds. The third-order valence-electron chi connectivity index (χ3n) is 1.55. The van der Waals surface area contributed by atoms with Crippen LogP contribution in [-0.4, -0.2) is 0 Å². The molecule has 0 spiro atoms. The molecule has 0 bridgehead atoms. The van der Waals surface area contributed by atoms with Gasteiger partial charge in [0.05, 0.1) is 0 Å². The first-order valence-corrected chi connectivity index (χ1v) is 4.37. The first-order valence-electron chi connectivity index (χ1n) is 3.49. The number of thiophene rings is 1. The molecule has 1 heterocycles. The molecule has 1 atom stereocenters. The van der Waals surface area contributed by atoms with Crippen LogP contribution in [0.2, 0.25) is 0 Å². The van der Waals surface area contributed by atoms with Gasteiger partial charge < -0.3 is 0 Å². The Labute approximate surface area is 66.2 Å². The number of rotatable bonds is 3. The molecule has 1 unspecified atom stereocenters. The van der Waals surface area contributed by atoms with E-state index in [2.05, 4.69) is 31.0 Å². The predicted molar refractivity (Wildman–Crippen MR) is 47.5 cm³/mol. The second-order valence-corrected chi connectivity index (χ2v) is 3.42. The van der Waals surface area contributed by atoms with E-state index in [-0.39, 0.29) is 0 Å². The average molecular weight is 152 g/mol. The Morgan fingerprint density at radius 3 is 3.10 bits per heavy atom. The molecular weight excluding hydrogens is 140 g/mol. The maximum Gasteiger partial charge on any atom is 0.00765 e. The highest BCUT2D eigenvalue weighted by atomic mass is 32.1. The highest BCUT2D eigenvalue weighted by Gasteiger charge is 2.02. The van der Waals surface area contributed by atoms with Crippen molar-refractivity contribution in [3.63, 3.8) is 0 Å². The molecule has 0 nitrogen and oxygen atoms in total. The van der Waals surface area contributed by atoms with Crippen molar-refractivity contribution in [1.29, 1.82) is 0 Å². The zero-order valence-electron chi connectivity index (χ0n) is 6.21. The Bertz CT molecular complexity index is 187. The molecule has 1 heteroatoms. The Balaban J connectivity index is 2.58. The van der Waals surface area contributed by atoms with Gasteiger partial charge in [-0.3, -0.25) is 0 Å². The average Bonchev–Trinajstić information content (AvgIpc) is 2.38. The topological polar surface area (TPSA) is 0 Å². The van der Waals surface area contributed by atoms with Crippen molar-refractivity contribution in [2.45, 2.75) is 19.3 Å². The van der Waals surface area contributed by atoms with Crippen LogP contribution in [0.5, 0.6) is 0 Å². The van der Waals surface area contributed by atoms with E-state index >= 15 is 0 Å². The van der Waals surface area contributed by atoms with Crippen molar-refractivity contribution in [2.24, 2.45) is 0 Å². The molecular formula is C9H12S. The molecule has 0 radical (unpaired) electrons. The van der Waals surface area contributed by atoms with Gasteiger partial charge in [-0.1, -0.05) is 19.1 Å². The molecule has 10 heavy (non-hydrogen) atoms. The monoisotopic (exact) mass is 152 g/mol. The van der Waals surface area contributed by atoms with Crippen LogP contribution in [0.25, 0.3) is 0 Å². The second kappa shape index (κ2) is 3.57. The quantitative estimate of drug-likeness (QED) is 0.582. The summed E-state index contributed by atoms with van der Waals surface area (Å²) in [6.45, 7) is 5.94. The predicted octanol–water partition coefficient (Wildman–Crippen LogP) is 3.43. The summed E-state index contributed by atoms with van der Waals surface area (Å²) < 4.78 is 0. The Morgan fingerprint density at radius 1 is 1.80 bits per heavy atom. The fourth-order valence-electron chi connectivity index (χ4n) is 0.938. The first kappa shape index (κ1) is 7.55. The van der Waals surface area contributed by atoms with Crippen molar-refractivity contribution in [1.82, 2.24) is 0 Å². The fourth-order valence-corrected chi connectivity index (χ4v) is 1.74. The second-order valence-electron chi connectivity index (χ2n) is 2.44. The fraction of sp³-hybridized carbons (Fsp3) is 0.333. The van der Waals surface area contributed by atoms with Gasteiger partial charge in [-0.25, -0.2) is 0 Å². The van der Waals surface area contributed by atoms with Gasteiger partial charge >= 0.3 is 0 Å². The van der Waals surface area contributed by atoms with Crippen LogP contribution in [0.1, 0.15) is 24.1 Å². The van der Waals surface area contributed by atoms with E-state index in [1.54, 1.807) is 0 Å². The molecule has 1 aromatic rings. The highest BCUT2D eigenvalue weighted by Crippen LogP contribution is 2.23. The van der Waals surface area contributed by atoms with Crippen LogP contribution in [-0.2, 0) is 0 Å². The summed E-state index contributed by atoms with van der Waals surface area (Å²) in [5, 5.41) is 2.12. The molecule has 0 aliphatic carbocycles. The largest absolute Gasteiger partial charge is 0.149 e. The molecule has 0 saturated carbocycles. The zero-order valence-corrected chi connectivity index (χ0v) is 7.03. The zero-order chi connectivity index (χ0) is 7.40. The van der Waals surface area contributed by atoms with Crippen LogP contribution >= 0.6 is 11.3 Å². The smallest absolute Gasteiger partial charge is 0.00765 e. The molecule has 0 saturated heterocycles. The van der Waals surface area contributed by atoms with Crippen LogP contribution in [0.3, 0.4) is 0 Å². The normalized spacial score (nSPS) is 12.9. The maximum absolute atomic E-state index is 3.72. The SMILES string of the molecule is C=CCC(C)c1cccs1. The number of hydrogen-bond acceptors (Lipinski definition) is 1. The van der Waals surface area contributed by atoms with Crippen molar-refractivity contribution in [3.8, 4) is 0 Å². The van der Waals surface area contributed by atoms with Gasteiger partial charge in [0, 0.05) is 4.88 Å². The highest BCUT2D eigenvalue weighted by molar-refractivity contribution is 7.10. The van der Waals surface area contributed by atoms with Crippen molar-refractivity contribution in [2.75, 3.05) is 0 Å². The van der Waals surface area contributed by atoms with Gasteiger partial charge in [0.15, 0.2) is 0 Å². The van der Waals surface area contributed by atoms with E-state index in [4.69, 9.17) is 0 Å². The molecule has 0 aromatic carbocycles. The van der Waals surface area contributed by atoms with Crippen molar-refractivity contribution in [3.05, 3.63) is 35.0 Å². The van der Waals surface area contributed by atoms with E-state index in [0.717, 1.165) is 6.42 Å². The van der Waals surface area contributed by atoms with Gasteiger partial charge in [0.25, 0.3) is 0 Å². The molecule has 1 rings (SSSR count). The lowest BCUT2D eigenvalue weighted by Crippen LogP contribution is -1.85. The summed E-state index contributed by atoms with van der Waals surface area (Å²) in [4.78, 5) is 1.46. The van der Waals surface area contributed by atoms with Gasteiger partial charge in [-0.2, -0.15) is 0 Å². The Kier molecular flexibility index (Phi) is 2.69. The van der Waals surface area contributed by atoms with Gasteiger partial charge in [0.1, 0.15) is 0 Å². The standard InChI is InChI=1S/C9H12S/c1-3-5-8(2)9-6-4-7-10-9/h3-4,6-8H,1,5H2,2H3. The van der Waals surface area contributed by atoms with E-state index < -0.39 is 0 Å². The van der Waals surface area contributed by atoms with E-state index in [1.807, 2.05) is 17.4 Å². The van der Waals surface area contributed by atoms with E-state index in [9.17, 15) is 0 Å². The summed E-state index contributed by atoms with van der Waals surface area (Å²) in [7, 11) is 0. The number of allylic oxidation sites excluding steroid dienone is 1. The minimum atomic E-state index is 0.650. The van der Waals surface area contributed by atoms with E-state index in [1.165, 1.54) is 4.88 Å². The van der Waals surface area contributed by atoms with Gasteiger partial charge in [-0.15, -0.1) is 17.9 Å². The summed E-state index contributed by atoms with van der Waals surface area (Å²) in [5.41, 5.74) is 0. The summed E-state index contributed by atoms with van der Waals surface area (Å²) in [6, 6.07) is 4.28. The third-order valence-corrected chi connectivity index (χ3v) is 2.65. The molecule has 0 aliphatic heterocycles. The minimum absolute atomic E-state index is 0.650. The van der Waals surface area contributed by atoms with Gasteiger partial charge in [-0.05, 0) is 23.8 Å². The third kappa shape index (κ3) is 1.71. The van der Waals surface area contributed by atoms with E-state index in [0.29, 0.717) is 5.92 Å². The van der Waals surface area contributed by atoms with Crippen molar-refractivity contribution >= 4 is 11.3 Å². The summed E-state index contributed by atoms with van der Waals surface area (Å²) in [6.07, 6.45) is 3.06. The van der Waals surface area contributed by atoms with Crippen LogP contribution < -0.4 is 0 Å². The minimum Gasteiger partial charge on any atom is -0.149 e. The Hall–Kier alpha value is -0.560. The molecule has 1 aromatic heterocycles. The molecule has 0 fully saturated rings. The first-order chi connectivity index (χ1) is 4.84. The van der Waals surface area contributed by atoms with Crippen molar-refractivity contribution < 1.29 is 0 Å². The Morgan fingerprint density at radius 2 is 2.60 bits per heavy atom.